The molecule has 2 atom stereocenters. The molecule has 212 valence electrons. The number of aliphatic imine (C=N–C) groups is 1. The topological polar surface area (TPSA) is 15.6 Å². The molecule has 1 aliphatic heterocycles. The number of allylic oxidation sites excluding steroid dienone is 2. The Hall–Kier alpha value is -5.73. The zero-order valence-corrected chi connectivity index (χ0v) is 24.3. The number of rotatable bonds is 4. The molecule has 7 aromatic carbocycles. The summed E-state index contributed by atoms with van der Waals surface area (Å²) in [5, 5.41) is 6.98. The molecule has 0 saturated heterocycles. The summed E-state index contributed by atoms with van der Waals surface area (Å²) in [7, 11) is 0. The Bertz CT molecular complexity index is 2550. The van der Waals surface area contributed by atoms with Gasteiger partial charge in [-0.05, 0) is 66.7 Å². The van der Waals surface area contributed by atoms with Crippen LogP contribution in [0.1, 0.15) is 12.4 Å². The van der Waals surface area contributed by atoms with Crippen molar-refractivity contribution in [1.29, 1.82) is 0 Å². The number of nitrogens with zero attached hydrogens (tertiary/aromatic N) is 2. The lowest BCUT2D eigenvalue weighted by Crippen LogP contribution is -2.39. The summed E-state index contributed by atoms with van der Waals surface area (Å²) in [6.07, 6.45) is 7.98. The summed E-state index contributed by atoms with van der Waals surface area (Å²) in [6, 6.07) is 38.3. The normalized spacial score (nSPS) is 18.8. The molecule has 2 nitrogen and oxygen atoms in total. The fourth-order valence-corrected chi connectivity index (χ4v) is 7.11. The summed E-state index contributed by atoms with van der Waals surface area (Å²) in [5.41, 5.74) is 5.44. The van der Waals surface area contributed by atoms with Crippen LogP contribution in [0.2, 0.25) is 0 Å². The van der Waals surface area contributed by atoms with Gasteiger partial charge in [0, 0.05) is 11.3 Å². The second-order valence-corrected chi connectivity index (χ2v) is 11.5. The summed E-state index contributed by atoms with van der Waals surface area (Å²) < 4.78 is 42.5. The van der Waals surface area contributed by atoms with Crippen molar-refractivity contribution in [2.24, 2.45) is 4.99 Å². The predicted molar refractivity (Wildman–Crippen MR) is 191 cm³/mol. The Kier molecular flexibility index (Phi) is 4.90. The SMILES string of the molecule is [2H]c1c([2H])c([2H])c(C2=NC3C=CC=CC3N2c2cccc(-c3c4ccccc4c(-c4cccc5ccccc45)c4ccccc34)c2)c([2H])c1[2H]. The van der Waals surface area contributed by atoms with E-state index in [9.17, 15) is 0 Å². The highest BCUT2D eigenvalue weighted by atomic mass is 15.3. The van der Waals surface area contributed by atoms with E-state index in [0.29, 0.717) is 5.84 Å². The van der Waals surface area contributed by atoms with Crippen molar-refractivity contribution in [1.82, 2.24) is 0 Å². The third-order valence-electron chi connectivity index (χ3n) is 9.00. The van der Waals surface area contributed by atoms with Gasteiger partial charge in [-0.1, -0.05) is 158 Å². The molecule has 0 saturated carbocycles. The molecule has 1 aliphatic carbocycles. The predicted octanol–water partition coefficient (Wildman–Crippen LogP) is 10.6. The first-order valence-corrected chi connectivity index (χ1v) is 15.2. The average molecular weight is 580 g/mol. The molecule has 0 bridgehead atoms. The Balaban J connectivity index is 1.28. The van der Waals surface area contributed by atoms with Gasteiger partial charge in [0.25, 0.3) is 0 Å². The number of hydrogen-bond donors (Lipinski definition) is 0. The van der Waals surface area contributed by atoms with E-state index in [0.717, 1.165) is 38.4 Å². The first-order valence-electron chi connectivity index (χ1n) is 17.7. The minimum Gasteiger partial charge on any atom is -0.317 e. The van der Waals surface area contributed by atoms with E-state index >= 15 is 0 Å². The van der Waals surface area contributed by atoms with Crippen LogP contribution in [-0.4, -0.2) is 17.9 Å². The van der Waals surface area contributed by atoms with Crippen LogP contribution >= 0.6 is 0 Å². The largest absolute Gasteiger partial charge is 0.317 e. The minimum atomic E-state index is -0.418. The number of hydrogen-bond acceptors (Lipinski definition) is 2. The van der Waals surface area contributed by atoms with Crippen LogP contribution in [0.3, 0.4) is 0 Å². The van der Waals surface area contributed by atoms with Crippen molar-refractivity contribution in [2.75, 3.05) is 4.90 Å². The second-order valence-electron chi connectivity index (χ2n) is 11.5. The molecule has 2 aliphatic rings. The molecule has 45 heavy (non-hydrogen) atoms. The molecular weight excluding hydrogens is 544 g/mol. The number of anilines is 1. The lowest BCUT2D eigenvalue weighted by molar-refractivity contribution is 0.739. The molecule has 0 amide bonds. The Morgan fingerprint density at radius 3 is 1.93 bits per heavy atom. The molecule has 7 aromatic rings. The van der Waals surface area contributed by atoms with Crippen LogP contribution in [0, 0.1) is 0 Å². The van der Waals surface area contributed by atoms with E-state index in [1.165, 1.54) is 21.9 Å². The Morgan fingerprint density at radius 1 is 0.556 bits per heavy atom. The van der Waals surface area contributed by atoms with Gasteiger partial charge in [0.15, 0.2) is 0 Å². The van der Waals surface area contributed by atoms with Gasteiger partial charge in [0.2, 0.25) is 0 Å². The molecule has 1 heterocycles. The zero-order chi connectivity index (χ0) is 34.1. The molecule has 2 heteroatoms. The smallest absolute Gasteiger partial charge is 0.136 e. The van der Waals surface area contributed by atoms with E-state index in [-0.39, 0.29) is 41.8 Å². The number of amidine groups is 1. The summed E-state index contributed by atoms with van der Waals surface area (Å²) in [6.45, 7) is 0. The minimum absolute atomic E-state index is 0.105. The fraction of sp³-hybridized carbons (Fsp3) is 0.0465. The maximum absolute atomic E-state index is 8.80. The highest BCUT2D eigenvalue weighted by Crippen LogP contribution is 2.46. The van der Waals surface area contributed by atoms with Crippen LogP contribution < -0.4 is 4.90 Å². The van der Waals surface area contributed by atoms with Gasteiger partial charge in [0.05, 0.1) is 18.9 Å². The number of fused-ring (bicyclic) bond motifs is 4. The first-order chi connectivity index (χ1) is 24.4. The van der Waals surface area contributed by atoms with E-state index in [1.54, 1.807) is 0 Å². The Labute approximate surface area is 269 Å². The molecule has 0 radical (unpaired) electrons. The lowest BCUT2D eigenvalue weighted by atomic mass is 9.84. The highest BCUT2D eigenvalue weighted by Gasteiger charge is 2.35. The molecule has 0 N–H and O–H groups in total. The van der Waals surface area contributed by atoms with Crippen molar-refractivity contribution < 1.29 is 6.85 Å². The van der Waals surface area contributed by atoms with E-state index in [2.05, 4.69) is 109 Å². The molecule has 0 aromatic heterocycles. The van der Waals surface area contributed by atoms with Gasteiger partial charge in [-0.3, -0.25) is 4.99 Å². The highest BCUT2D eigenvalue weighted by molar-refractivity contribution is 6.23. The standard InChI is InChI=1S/C43H30N2/c1-2-15-30(16-3-1)43-44-39-26-10-11-27-40(39)45(43)32-19-12-18-31(28-32)41-35-21-6-8-23-37(35)42(38-24-9-7-22-36(38)41)34-25-13-17-29-14-4-5-20-33(29)34/h1-28,39-40H/i1D,2D,3D,15D,16D. The van der Waals surface area contributed by atoms with E-state index in [1.807, 2.05) is 35.3 Å². The zero-order valence-electron chi connectivity index (χ0n) is 29.3. The lowest BCUT2D eigenvalue weighted by Gasteiger charge is -2.29. The van der Waals surface area contributed by atoms with Gasteiger partial charge < -0.3 is 4.90 Å². The van der Waals surface area contributed by atoms with Gasteiger partial charge in [-0.25, -0.2) is 0 Å². The van der Waals surface area contributed by atoms with Gasteiger partial charge >= 0.3 is 0 Å². The third kappa shape index (κ3) is 4.14. The molecule has 2 unspecified atom stereocenters. The average Bonchev–Trinajstić information content (AvgIpc) is 3.54. The van der Waals surface area contributed by atoms with Crippen molar-refractivity contribution >= 4 is 43.8 Å². The van der Waals surface area contributed by atoms with Crippen molar-refractivity contribution in [2.45, 2.75) is 12.1 Å². The number of benzene rings is 7. The van der Waals surface area contributed by atoms with Gasteiger partial charge in [-0.15, -0.1) is 0 Å². The molecular formula is C43H30N2. The first kappa shape index (κ1) is 21.1. The molecule has 0 fully saturated rings. The van der Waals surface area contributed by atoms with Crippen LogP contribution in [0.15, 0.2) is 175 Å². The maximum Gasteiger partial charge on any atom is 0.136 e. The van der Waals surface area contributed by atoms with Gasteiger partial charge in [-0.2, -0.15) is 0 Å². The maximum atomic E-state index is 8.80. The molecule has 0 spiro atoms. The van der Waals surface area contributed by atoms with Gasteiger partial charge in [0.1, 0.15) is 5.84 Å². The van der Waals surface area contributed by atoms with Crippen LogP contribution in [0.4, 0.5) is 5.69 Å². The van der Waals surface area contributed by atoms with E-state index < -0.39 is 6.04 Å². The monoisotopic (exact) mass is 579 g/mol. The van der Waals surface area contributed by atoms with E-state index in [4.69, 9.17) is 11.8 Å². The summed E-state index contributed by atoms with van der Waals surface area (Å²) >= 11 is 0. The van der Waals surface area contributed by atoms with Crippen LogP contribution in [0.25, 0.3) is 54.6 Å². The third-order valence-corrected chi connectivity index (χ3v) is 9.00. The van der Waals surface area contributed by atoms with Crippen molar-refractivity contribution in [3.8, 4) is 22.3 Å². The Morgan fingerprint density at radius 2 is 1.18 bits per heavy atom. The summed E-state index contributed by atoms with van der Waals surface area (Å²) in [4.78, 5) is 7.01. The van der Waals surface area contributed by atoms with Crippen LogP contribution in [0.5, 0.6) is 0 Å². The second kappa shape index (κ2) is 10.5. The summed E-state index contributed by atoms with van der Waals surface area (Å²) in [5.74, 6) is 0.367. The van der Waals surface area contributed by atoms with Crippen molar-refractivity contribution in [3.63, 3.8) is 0 Å². The fourth-order valence-electron chi connectivity index (χ4n) is 7.11. The van der Waals surface area contributed by atoms with Crippen LogP contribution in [-0.2, 0) is 0 Å². The molecule has 9 rings (SSSR count). The quantitative estimate of drug-likeness (QED) is 0.189. The van der Waals surface area contributed by atoms with Crippen molar-refractivity contribution in [3.05, 3.63) is 175 Å².